The van der Waals surface area contributed by atoms with E-state index in [0.717, 1.165) is 31.0 Å². The first-order valence-electron chi connectivity index (χ1n) is 5.08. The fourth-order valence-corrected chi connectivity index (χ4v) is 1.83. The molecule has 0 aromatic carbocycles. The summed E-state index contributed by atoms with van der Waals surface area (Å²) in [5.74, 6) is 2.03. The van der Waals surface area contributed by atoms with Gasteiger partial charge < -0.3 is 15.5 Å². The summed E-state index contributed by atoms with van der Waals surface area (Å²) in [5.41, 5.74) is 7.03. The Bertz CT molecular complexity index is 296. The van der Waals surface area contributed by atoms with Crippen LogP contribution >= 0.6 is 0 Å². The third-order valence-electron chi connectivity index (χ3n) is 2.94. The highest BCUT2D eigenvalue weighted by atomic mass is 16.4. The van der Waals surface area contributed by atoms with Crippen LogP contribution in [0, 0.1) is 19.8 Å². The van der Waals surface area contributed by atoms with E-state index in [1.165, 1.54) is 0 Å². The monoisotopic (exact) mass is 195 g/mol. The largest absolute Gasteiger partial charge is 0.444 e. The summed E-state index contributed by atoms with van der Waals surface area (Å²) < 4.78 is 5.52. The van der Waals surface area contributed by atoms with Crippen molar-refractivity contribution in [3.05, 3.63) is 17.3 Å². The Hall–Kier alpha value is -0.870. The van der Waals surface area contributed by atoms with Crippen molar-refractivity contribution in [2.24, 2.45) is 11.7 Å². The molecular weight excluding hydrogens is 178 g/mol. The Balaban J connectivity index is 2.13. The first kappa shape index (κ1) is 9.68. The molecule has 1 aliphatic rings. The van der Waals surface area contributed by atoms with Crippen LogP contribution in [0.2, 0.25) is 0 Å². The van der Waals surface area contributed by atoms with Gasteiger partial charge in [0.1, 0.15) is 5.76 Å². The lowest BCUT2D eigenvalue weighted by Gasteiger charge is -2.13. The van der Waals surface area contributed by atoms with Crippen LogP contribution in [0.25, 0.3) is 0 Å². The Morgan fingerprint density at radius 3 is 2.86 bits per heavy atom. The first-order chi connectivity index (χ1) is 6.68. The molecular formula is C10H17N3O. The fourth-order valence-electron chi connectivity index (χ4n) is 1.83. The molecule has 2 atom stereocenters. The van der Waals surface area contributed by atoms with Crippen molar-refractivity contribution in [3.8, 4) is 0 Å². The summed E-state index contributed by atoms with van der Waals surface area (Å²) in [6, 6.07) is -0.0580. The summed E-state index contributed by atoms with van der Waals surface area (Å²) in [4.78, 5) is 4.34. The van der Waals surface area contributed by atoms with E-state index in [-0.39, 0.29) is 6.04 Å². The topological polar surface area (TPSA) is 64.1 Å². The molecule has 3 N–H and O–H groups in total. The Kier molecular flexibility index (Phi) is 2.56. The van der Waals surface area contributed by atoms with Crippen LogP contribution in [0.1, 0.15) is 29.8 Å². The van der Waals surface area contributed by atoms with Gasteiger partial charge in [0, 0.05) is 0 Å². The third-order valence-corrected chi connectivity index (χ3v) is 2.94. The number of nitrogens with two attached hydrogens (primary N) is 1. The predicted molar refractivity (Wildman–Crippen MR) is 53.9 cm³/mol. The van der Waals surface area contributed by atoms with E-state index in [4.69, 9.17) is 10.2 Å². The predicted octanol–water partition coefficient (Wildman–Crippen LogP) is 0.901. The minimum absolute atomic E-state index is 0.0580. The van der Waals surface area contributed by atoms with Gasteiger partial charge in [0.05, 0.1) is 11.7 Å². The van der Waals surface area contributed by atoms with Crippen molar-refractivity contribution in [1.82, 2.24) is 10.3 Å². The van der Waals surface area contributed by atoms with E-state index in [2.05, 4.69) is 10.3 Å². The van der Waals surface area contributed by atoms with Crippen molar-refractivity contribution in [2.45, 2.75) is 26.3 Å². The highest BCUT2D eigenvalue weighted by Gasteiger charge is 2.26. The van der Waals surface area contributed by atoms with Crippen LogP contribution in [0.3, 0.4) is 0 Å². The van der Waals surface area contributed by atoms with Crippen molar-refractivity contribution < 1.29 is 4.42 Å². The Morgan fingerprint density at radius 2 is 2.36 bits per heavy atom. The zero-order valence-corrected chi connectivity index (χ0v) is 8.71. The number of aryl methyl sites for hydroxylation is 2. The lowest BCUT2D eigenvalue weighted by Crippen LogP contribution is -2.23. The van der Waals surface area contributed by atoms with Crippen molar-refractivity contribution in [3.63, 3.8) is 0 Å². The summed E-state index contributed by atoms with van der Waals surface area (Å²) >= 11 is 0. The standard InChI is InChI=1S/C10H17N3O/c1-6-7(2)14-10(13-6)9(11)8-3-4-12-5-8/h8-9,12H,3-5,11H2,1-2H3. The van der Waals surface area contributed by atoms with Crippen LogP contribution < -0.4 is 11.1 Å². The summed E-state index contributed by atoms with van der Waals surface area (Å²) in [7, 11) is 0. The summed E-state index contributed by atoms with van der Waals surface area (Å²) in [6.45, 7) is 5.89. The third kappa shape index (κ3) is 1.67. The van der Waals surface area contributed by atoms with Crippen LogP contribution in [-0.4, -0.2) is 18.1 Å². The molecule has 4 nitrogen and oxygen atoms in total. The lowest BCUT2D eigenvalue weighted by atomic mass is 10.00. The SMILES string of the molecule is Cc1nc(C(N)C2CCNC2)oc1C. The minimum atomic E-state index is -0.0580. The van der Waals surface area contributed by atoms with Gasteiger partial charge in [-0.15, -0.1) is 0 Å². The van der Waals surface area contributed by atoms with E-state index in [1.807, 2.05) is 13.8 Å². The number of rotatable bonds is 2. The maximum Gasteiger partial charge on any atom is 0.211 e. The maximum atomic E-state index is 6.09. The molecule has 2 heterocycles. The van der Waals surface area contributed by atoms with Crippen LogP contribution in [0.5, 0.6) is 0 Å². The molecule has 78 valence electrons. The van der Waals surface area contributed by atoms with Crippen LogP contribution in [0.15, 0.2) is 4.42 Å². The van der Waals surface area contributed by atoms with E-state index in [1.54, 1.807) is 0 Å². The molecule has 2 rings (SSSR count). The molecule has 4 heteroatoms. The van der Waals surface area contributed by atoms with Crippen molar-refractivity contribution in [1.29, 1.82) is 0 Å². The molecule has 0 amide bonds. The van der Waals surface area contributed by atoms with Gasteiger partial charge in [0.15, 0.2) is 0 Å². The maximum absolute atomic E-state index is 6.09. The molecule has 0 radical (unpaired) electrons. The average molecular weight is 195 g/mol. The second-order valence-electron chi connectivity index (χ2n) is 3.97. The summed E-state index contributed by atoms with van der Waals surface area (Å²) in [5, 5.41) is 3.29. The number of hydrogen-bond acceptors (Lipinski definition) is 4. The smallest absolute Gasteiger partial charge is 0.211 e. The number of aromatic nitrogens is 1. The molecule has 2 unspecified atom stereocenters. The van der Waals surface area contributed by atoms with Gasteiger partial charge in [-0.3, -0.25) is 0 Å². The average Bonchev–Trinajstić information content (AvgIpc) is 2.76. The van der Waals surface area contributed by atoms with E-state index in [0.29, 0.717) is 11.8 Å². The number of hydrogen-bond donors (Lipinski definition) is 2. The van der Waals surface area contributed by atoms with E-state index < -0.39 is 0 Å². The second kappa shape index (κ2) is 3.71. The molecule has 1 fully saturated rings. The highest BCUT2D eigenvalue weighted by molar-refractivity contribution is 5.08. The molecule has 1 saturated heterocycles. The lowest BCUT2D eigenvalue weighted by molar-refractivity contribution is 0.362. The molecule has 1 aromatic heterocycles. The minimum Gasteiger partial charge on any atom is -0.444 e. The number of nitrogens with zero attached hydrogens (tertiary/aromatic N) is 1. The second-order valence-corrected chi connectivity index (χ2v) is 3.97. The van der Waals surface area contributed by atoms with Gasteiger partial charge in [-0.05, 0) is 39.3 Å². The van der Waals surface area contributed by atoms with Crippen LogP contribution in [-0.2, 0) is 0 Å². The molecule has 0 aliphatic carbocycles. The quantitative estimate of drug-likeness (QED) is 0.736. The number of nitrogens with one attached hydrogen (secondary N) is 1. The van der Waals surface area contributed by atoms with Gasteiger partial charge in [0.25, 0.3) is 0 Å². The Morgan fingerprint density at radius 1 is 1.57 bits per heavy atom. The number of oxazole rings is 1. The highest BCUT2D eigenvalue weighted by Crippen LogP contribution is 2.25. The molecule has 0 bridgehead atoms. The molecule has 1 aromatic rings. The van der Waals surface area contributed by atoms with Gasteiger partial charge in [0.2, 0.25) is 5.89 Å². The van der Waals surface area contributed by atoms with Gasteiger partial charge in [-0.2, -0.15) is 0 Å². The summed E-state index contributed by atoms with van der Waals surface area (Å²) in [6.07, 6.45) is 1.11. The Labute approximate surface area is 83.9 Å². The normalized spacial score (nSPS) is 24.1. The van der Waals surface area contributed by atoms with Gasteiger partial charge >= 0.3 is 0 Å². The molecule has 0 saturated carbocycles. The van der Waals surface area contributed by atoms with Crippen molar-refractivity contribution in [2.75, 3.05) is 13.1 Å². The zero-order valence-electron chi connectivity index (χ0n) is 8.71. The first-order valence-corrected chi connectivity index (χ1v) is 5.08. The molecule has 0 spiro atoms. The molecule has 14 heavy (non-hydrogen) atoms. The van der Waals surface area contributed by atoms with Crippen LogP contribution in [0.4, 0.5) is 0 Å². The van der Waals surface area contributed by atoms with Crippen molar-refractivity contribution >= 4 is 0 Å². The zero-order chi connectivity index (χ0) is 10.1. The van der Waals surface area contributed by atoms with Gasteiger partial charge in [-0.1, -0.05) is 0 Å². The van der Waals surface area contributed by atoms with E-state index >= 15 is 0 Å². The fraction of sp³-hybridized carbons (Fsp3) is 0.700. The molecule has 1 aliphatic heterocycles. The van der Waals surface area contributed by atoms with E-state index in [9.17, 15) is 0 Å². The van der Waals surface area contributed by atoms with Gasteiger partial charge in [-0.25, -0.2) is 4.98 Å².